The molecule has 6 nitrogen and oxygen atoms in total. The molecule has 2 aromatic carbocycles. The van der Waals surface area contributed by atoms with Crippen LogP contribution < -0.4 is 15.4 Å². The van der Waals surface area contributed by atoms with Gasteiger partial charge in [0.25, 0.3) is 11.8 Å². The molecule has 1 aromatic heterocycles. The molecule has 0 radical (unpaired) electrons. The quantitative estimate of drug-likeness (QED) is 0.580. The number of ether oxygens (including phenoxy) is 1. The predicted molar refractivity (Wildman–Crippen MR) is 109 cm³/mol. The molecule has 3 aromatic rings. The van der Waals surface area contributed by atoms with E-state index in [2.05, 4.69) is 10.6 Å². The van der Waals surface area contributed by atoms with Gasteiger partial charge in [-0.25, -0.2) is 0 Å². The van der Waals surface area contributed by atoms with E-state index in [4.69, 9.17) is 32.4 Å². The van der Waals surface area contributed by atoms with E-state index in [1.807, 2.05) is 6.92 Å². The van der Waals surface area contributed by atoms with Crippen LogP contribution in [0.4, 0.5) is 11.4 Å². The van der Waals surface area contributed by atoms with Crippen LogP contribution >= 0.6 is 23.2 Å². The maximum Gasteiger partial charge on any atom is 0.291 e. The van der Waals surface area contributed by atoms with Crippen molar-refractivity contribution < 1.29 is 18.7 Å². The lowest BCUT2D eigenvalue weighted by molar-refractivity contribution is 0.0994. The number of anilines is 2. The van der Waals surface area contributed by atoms with E-state index in [0.717, 1.165) is 5.56 Å². The molecule has 0 aliphatic carbocycles. The van der Waals surface area contributed by atoms with Gasteiger partial charge in [0.05, 0.1) is 24.0 Å². The van der Waals surface area contributed by atoms with Crippen LogP contribution in [0.2, 0.25) is 10.0 Å². The second-order valence-electron chi connectivity index (χ2n) is 5.88. The summed E-state index contributed by atoms with van der Waals surface area (Å²) in [6.07, 6.45) is 1.43. The van der Waals surface area contributed by atoms with E-state index < -0.39 is 5.91 Å². The van der Waals surface area contributed by atoms with Crippen LogP contribution in [0.25, 0.3) is 0 Å². The molecule has 0 spiro atoms. The third kappa shape index (κ3) is 4.30. The Morgan fingerprint density at radius 3 is 2.46 bits per heavy atom. The fourth-order valence-corrected chi connectivity index (χ4v) is 3.18. The van der Waals surface area contributed by atoms with Gasteiger partial charge in [0.2, 0.25) is 0 Å². The number of aryl methyl sites for hydroxylation is 1. The number of halogens is 2. The Kier molecular flexibility index (Phi) is 5.92. The van der Waals surface area contributed by atoms with Crippen molar-refractivity contribution in [2.45, 2.75) is 6.92 Å². The Labute approximate surface area is 171 Å². The lowest BCUT2D eigenvalue weighted by atomic mass is 10.1. The first-order valence-corrected chi connectivity index (χ1v) is 8.94. The van der Waals surface area contributed by atoms with Gasteiger partial charge in [0.1, 0.15) is 5.75 Å². The number of nitrogens with one attached hydrogen (secondary N) is 2. The number of amides is 2. The second kappa shape index (κ2) is 8.37. The molecule has 2 N–H and O–H groups in total. The van der Waals surface area contributed by atoms with Gasteiger partial charge in [0, 0.05) is 16.4 Å². The van der Waals surface area contributed by atoms with Crippen LogP contribution in [-0.4, -0.2) is 18.9 Å². The Balaban J connectivity index is 1.78. The van der Waals surface area contributed by atoms with Gasteiger partial charge >= 0.3 is 0 Å². The number of carbonyl (C=O) groups is 2. The molecule has 144 valence electrons. The minimum Gasteiger partial charge on any atom is -0.494 e. The molecular formula is C20H16Cl2N2O4. The van der Waals surface area contributed by atoms with Crippen molar-refractivity contribution in [3.05, 3.63) is 75.7 Å². The van der Waals surface area contributed by atoms with Crippen molar-refractivity contribution in [3.63, 3.8) is 0 Å². The van der Waals surface area contributed by atoms with E-state index in [-0.39, 0.29) is 28.0 Å². The highest BCUT2D eigenvalue weighted by atomic mass is 35.5. The average Bonchev–Trinajstić information content (AvgIpc) is 3.18. The normalized spacial score (nSPS) is 10.4. The maximum absolute atomic E-state index is 12.6. The summed E-state index contributed by atoms with van der Waals surface area (Å²) in [6, 6.07) is 11.3. The highest BCUT2D eigenvalue weighted by molar-refractivity contribution is 6.36. The third-order valence-electron chi connectivity index (χ3n) is 3.93. The van der Waals surface area contributed by atoms with Crippen LogP contribution in [0.15, 0.2) is 53.1 Å². The van der Waals surface area contributed by atoms with Crippen LogP contribution in [0.5, 0.6) is 5.75 Å². The SMILES string of the molecule is COc1c(Cl)cc(Cl)cc1C(=O)Nc1ccc(NC(=O)c2ccco2)c(C)c1. The molecule has 0 unspecified atom stereocenters. The molecule has 0 aliphatic rings. The van der Waals surface area contributed by atoms with E-state index in [0.29, 0.717) is 16.4 Å². The lowest BCUT2D eigenvalue weighted by Gasteiger charge is -2.13. The molecule has 3 rings (SSSR count). The van der Waals surface area contributed by atoms with Gasteiger partial charge in [-0.05, 0) is 55.0 Å². The Hall–Kier alpha value is -2.96. The molecule has 1 heterocycles. The highest BCUT2D eigenvalue weighted by Gasteiger charge is 2.17. The van der Waals surface area contributed by atoms with E-state index >= 15 is 0 Å². The van der Waals surface area contributed by atoms with Crippen molar-refractivity contribution in [1.29, 1.82) is 0 Å². The van der Waals surface area contributed by atoms with Gasteiger partial charge in [-0.2, -0.15) is 0 Å². The van der Waals surface area contributed by atoms with Crippen molar-refractivity contribution in [2.24, 2.45) is 0 Å². The summed E-state index contributed by atoms with van der Waals surface area (Å²) in [5, 5.41) is 6.09. The number of rotatable bonds is 5. The first-order chi connectivity index (χ1) is 13.4. The zero-order valence-electron chi connectivity index (χ0n) is 15.0. The average molecular weight is 419 g/mol. The number of hydrogen-bond donors (Lipinski definition) is 2. The first kappa shape index (κ1) is 19.8. The highest BCUT2D eigenvalue weighted by Crippen LogP contribution is 2.33. The summed E-state index contributed by atoms with van der Waals surface area (Å²) < 4.78 is 10.3. The van der Waals surface area contributed by atoms with Crippen LogP contribution in [-0.2, 0) is 0 Å². The molecule has 28 heavy (non-hydrogen) atoms. The number of furan rings is 1. The minimum atomic E-state index is -0.423. The summed E-state index contributed by atoms with van der Waals surface area (Å²) >= 11 is 12.1. The summed E-state index contributed by atoms with van der Waals surface area (Å²) in [5.41, 5.74) is 2.11. The molecule has 0 saturated heterocycles. The number of carbonyl (C=O) groups excluding carboxylic acids is 2. The Morgan fingerprint density at radius 1 is 1.04 bits per heavy atom. The van der Waals surface area contributed by atoms with Gasteiger partial charge in [-0.3, -0.25) is 9.59 Å². The van der Waals surface area contributed by atoms with Gasteiger partial charge in [-0.1, -0.05) is 23.2 Å². The van der Waals surface area contributed by atoms with Crippen molar-refractivity contribution in [1.82, 2.24) is 0 Å². The van der Waals surface area contributed by atoms with Crippen molar-refractivity contribution in [2.75, 3.05) is 17.7 Å². The third-order valence-corrected chi connectivity index (χ3v) is 4.43. The monoisotopic (exact) mass is 418 g/mol. The molecule has 0 bridgehead atoms. The standard InChI is InChI=1S/C20H16Cl2N2O4/c1-11-8-13(5-6-16(11)24-20(26)17-4-3-7-28-17)23-19(25)14-9-12(21)10-15(22)18(14)27-2/h3-10H,1-2H3,(H,23,25)(H,24,26). The molecule has 0 atom stereocenters. The molecule has 0 fully saturated rings. The first-order valence-electron chi connectivity index (χ1n) is 8.19. The summed E-state index contributed by atoms with van der Waals surface area (Å²) in [5.74, 6) is -0.333. The molecule has 8 heteroatoms. The van der Waals surface area contributed by atoms with Crippen molar-refractivity contribution >= 4 is 46.4 Å². The van der Waals surface area contributed by atoms with Crippen LogP contribution in [0.1, 0.15) is 26.5 Å². The number of hydrogen-bond acceptors (Lipinski definition) is 4. The summed E-state index contributed by atoms with van der Waals surface area (Å²) in [6.45, 7) is 1.81. The van der Waals surface area contributed by atoms with E-state index in [1.165, 1.54) is 25.5 Å². The molecule has 0 aliphatic heterocycles. The van der Waals surface area contributed by atoms with Gasteiger partial charge in [0.15, 0.2) is 5.76 Å². The zero-order valence-corrected chi connectivity index (χ0v) is 16.5. The molecule has 2 amide bonds. The summed E-state index contributed by atoms with van der Waals surface area (Å²) in [4.78, 5) is 24.7. The van der Waals surface area contributed by atoms with Crippen LogP contribution in [0.3, 0.4) is 0 Å². The minimum absolute atomic E-state index is 0.210. The van der Waals surface area contributed by atoms with Crippen molar-refractivity contribution in [3.8, 4) is 5.75 Å². The topological polar surface area (TPSA) is 80.6 Å². The van der Waals surface area contributed by atoms with E-state index in [1.54, 1.807) is 30.3 Å². The number of methoxy groups -OCH3 is 1. The Bertz CT molecular complexity index is 1030. The van der Waals surface area contributed by atoms with Gasteiger partial charge < -0.3 is 19.8 Å². The number of benzene rings is 2. The zero-order chi connectivity index (χ0) is 20.3. The molecular weight excluding hydrogens is 403 g/mol. The molecule has 0 saturated carbocycles. The Morgan fingerprint density at radius 2 is 1.82 bits per heavy atom. The predicted octanol–water partition coefficient (Wildman–Crippen LogP) is 5.41. The maximum atomic E-state index is 12.6. The fourth-order valence-electron chi connectivity index (χ4n) is 2.61. The second-order valence-corrected chi connectivity index (χ2v) is 6.73. The summed E-state index contributed by atoms with van der Waals surface area (Å²) in [7, 11) is 1.42. The van der Waals surface area contributed by atoms with Gasteiger partial charge in [-0.15, -0.1) is 0 Å². The fraction of sp³-hybridized carbons (Fsp3) is 0.100. The lowest BCUT2D eigenvalue weighted by Crippen LogP contribution is -2.14. The van der Waals surface area contributed by atoms with E-state index in [9.17, 15) is 9.59 Å². The van der Waals surface area contributed by atoms with Crippen LogP contribution in [0, 0.1) is 6.92 Å². The largest absolute Gasteiger partial charge is 0.494 e. The smallest absolute Gasteiger partial charge is 0.291 e.